The second-order valence-corrected chi connectivity index (χ2v) is 9.63. The van der Waals surface area contributed by atoms with Crippen molar-refractivity contribution in [1.82, 2.24) is 19.4 Å². The first-order valence-corrected chi connectivity index (χ1v) is 12.6. The molecule has 1 saturated heterocycles. The van der Waals surface area contributed by atoms with E-state index >= 15 is 0 Å². The molecule has 0 unspecified atom stereocenters. The Balaban J connectivity index is 1.55. The summed E-state index contributed by atoms with van der Waals surface area (Å²) in [4.78, 5) is 40.9. The van der Waals surface area contributed by atoms with E-state index in [1.165, 1.54) is 17.7 Å². The molecule has 1 aliphatic heterocycles. The second kappa shape index (κ2) is 10.2. The minimum absolute atomic E-state index is 0.0947. The fourth-order valence-corrected chi connectivity index (χ4v) is 5.17. The van der Waals surface area contributed by atoms with Gasteiger partial charge in [0.1, 0.15) is 10.7 Å². The highest BCUT2D eigenvalue weighted by molar-refractivity contribution is 7.12. The Morgan fingerprint density at radius 2 is 1.78 bits per heavy atom. The second-order valence-electron chi connectivity index (χ2n) is 8.66. The van der Waals surface area contributed by atoms with Gasteiger partial charge in [-0.05, 0) is 50.5 Å². The lowest BCUT2D eigenvalue weighted by molar-refractivity contribution is 0.0729. The molecule has 0 spiro atoms. The molecule has 36 heavy (non-hydrogen) atoms. The van der Waals surface area contributed by atoms with Crippen LogP contribution in [0.2, 0.25) is 0 Å². The molecule has 5 rings (SSSR count). The zero-order valence-electron chi connectivity index (χ0n) is 19.9. The van der Waals surface area contributed by atoms with Crippen molar-refractivity contribution in [2.75, 3.05) is 24.1 Å². The Morgan fingerprint density at radius 1 is 1.06 bits per heavy atom. The summed E-state index contributed by atoms with van der Waals surface area (Å²) in [6.45, 7) is 3.42. The molecule has 0 aliphatic carbocycles. The summed E-state index contributed by atoms with van der Waals surface area (Å²) in [5.41, 5.74) is 9.29. The van der Waals surface area contributed by atoms with Crippen molar-refractivity contribution in [1.29, 1.82) is 0 Å². The standard InChI is InChI=1S/C26H27N7O2S/c1-17-10-12-18(13-11-17)30-24(34)20-23(29-16-28-20)31-26-33(19-8-4-2-5-9-19)22(27)21(36-26)25(35)32-14-6-3-7-15-32/h2,4-5,8-13,16H,3,6-7,14-15,27H2,1H3,(H,28,29)(H,30,34). The fourth-order valence-electron chi connectivity index (χ4n) is 4.15. The SMILES string of the molecule is Cc1ccc(NC(=O)c2[nH]cnc2N=c2sc(C(=O)N3CCCCC3)c(N)n2-c2ccccc2)cc1. The number of anilines is 2. The molecule has 1 fully saturated rings. The number of H-pyrrole nitrogens is 1. The highest BCUT2D eigenvalue weighted by atomic mass is 32.1. The number of nitrogens with one attached hydrogen (secondary N) is 2. The Bertz CT molecular complexity index is 1450. The number of nitrogens with two attached hydrogens (primary N) is 1. The third-order valence-electron chi connectivity index (χ3n) is 6.07. The van der Waals surface area contributed by atoms with Crippen molar-refractivity contribution in [3.05, 3.63) is 81.9 Å². The van der Waals surface area contributed by atoms with Gasteiger partial charge < -0.3 is 20.9 Å². The van der Waals surface area contributed by atoms with Crippen molar-refractivity contribution in [2.45, 2.75) is 26.2 Å². The monoisotopic (exact) mass is 501 g/mol. The van der Waals surface area contributed by atoms with Crippen LogP contribution in [0.4, 0.5) is 17.3 Å². The summed E-state index contributed by atoms with van der Waals surface area (Å²) < 4.78 is 1.73. The number of nitrogen functional groups attached to an aromatic ring is 1. The third kappa shape index (κ3) is 4.80. The average Bonchev–Trinajstić information content (AvgIpc) is 3.50. The number of hydrogen-bond acceptors (Lipinski definition) is 6. The summed E-state index contributed by atoms with van der Waals surface area (Å²) in [6.07, 6.45) is 4.52. The molecule has 2 aromatic carbocycles. The summed E-state index contributed by atoms with van der Waals surface area (Å²) in [6, 6.07) is 17.0. The molecule has 0 atom stereocenters. The highest BCUT2D eigenvalue weighted by Gasteiger charge is 2.25. The van der Waals surface area contributed by atoms with Crippen molar-refractivity contribution in [3.63, 3.8) is 0 Å². The van der Waals surface area contributed by atoms with Crippen LogP contribution in [0.5, 0.6) is 0 Å². The zero-order chi connectivity index (χ0) is 25.1. The maximum absolute atomic E-state index is 13.3. The van der Waals surface area contributed by atoms with E-state index in [1.54, 1.807) is 4.57 Å². The first kappa shape index (κ1) is 23.6. The van der Waals surface area contributed by atoms with E-state index in [4.69, 9.17) is 10.7 Å². The fraction of sp³-hybridized carbons (Fsp3) is 0.231. The van der Waals surface area contributed by atoms with Crippen molar-refractivity contribution >= 4 is 40.5 Å². The molecule has 0 bridgehead atoms. The normalized spacial score (nSPS) is 14.1. The number of likely N-dealkylation sites (tertiary alicyclic amines) is 1. The first-order valence-electron chi connectivity index (χ1n) is 11.8. The summed E-state index contributed by atoms with van der Waals surface area (Å²) in [5, 5.41) is 2.86. The number of carbonyl (C=O) groups is 2. The summed E-state index contributed by atoms with van der Waals surface area (Å²) in [5.74, 6) is 0.0717. The summed E-state index contributed by atoms with van der Waals surface area (Å²) >= 11 is 1.20. The van der Waals surface area contributed by atoms with Gasteiger partial charge in [0.2, 0.25) is 0 Å². The molecular weight excluding hydrogens is 474 g/mol. The Kier molecular flexibility index (Phi) is 6.68. The molecule has 10 heteroatoms. The molecule has 184 valence electrons. The van der Waals surface area contributed by atoms with Gasteiger partial charge in [-0.3, -0.25) is 14.2 Å². The number of aromatic nitrogens is 3. The van der Waals surface area contributed by atoms with Gasteiger partial charge in [0, 0.05) is 24.5 Å². The van der Waals surface area contributed by atoms with Gasteiger partial charge in [-0.15, -0.1) is 0 Å². The number of para-hydroxylation sites is 1. The molecular formula is C26H27N7O2S. The molecule has 1 aliphatic rings. The van der Waals surface area contributed by atoms with Crippen LogP contribution in [-0.4, -0.2) is 44.3 Å². The number of amides is 2. The van der Waals surface area contributed by atoms with Crippen molar-refractivity contribution < 1.29 is 9.59 Å². The number of carbonyl (C=O) groups excluding carboxylic acids is 2. The van der Waals surface area contributed by atoms with Gasteiger partial charge >= 0.3 is 0 Å². The molecule has 4 aromatic rings. The van der Waals surface area contributed by atoms with Gasteiger partial charge in [-0.1, -0.05) is 47.2 Å². The Hall–Kier alpha value is -4.18. The Morgan fingerprint density at radius 3 is 2.50 bits per heavy atom. The van der Waals surface area contributed by atoms with E-state index < -0.39 is 0 Å². The van der Waals surface area contributed by atoms with Crippen molar-refractivity contribution in [2.24, 2.45) is 4.99 Å². The van der Waals surface area contributed by atoms with Gasteiger partial charge in [0.15, 0.2) is 16.3 Å². The van der Waals surface area contributed by atoms with E-state index in [0.717, 1.165) is 43.6 Å². The van der Waals surface area contributed by atoms with Crippen LogP contribution < -0.4 is 15.9 Å². The number of benzene rings is 2. The predicted molar refractivity (Wildman–Crippen MR) is 141 cm³/mol. The minimum atomic E-state index is -0.365. The quantitative estimate of drug-likeness (QED) is 0.378. The van der Waals surface area contributed by atoms with Gasteiger partial charge in [-0.25, -0.2) is 4.98 Å². The molecule has 0 radical (unpaired) electrons. The number of imidazole rings is 1. The van der Waals surface area contributed by atoms with Crippen LogP contribution in [0.15, 0.2) is 65.9 Å². The lowest BCUT2D eigenvalue weighted by Crippen LogP contribution is -2.35. The highest BCUT2D eigenvalue weighted by Crippen LogP contribution is 2.25. The van der Waals surface area contributed by atoms with E-state index in [9.17, 15) is 9.59 Å². The molecule has 4 N–H and O–H groups in total. The third-order valence-corrected chi connectivity index (χ3v) is 7.11. The smallest absolute Gasteiger partial charge is 0.276 e. The topological polar surface area (TPSA) is 121 Å². The maximum Gasteiger partial charge on any atom is 0.276 e. The molecule has 3 heterocycles. The Labute approximate surface area is 212 Å². The molecule has 9 nitrogen and oxygen atoms in total. The van der Waals surface area contributed by atoms with Crippen LogP contribution in [-0.2, 0) is 0 Å². The van der Waals surface area contributed by atoms with Gasteiger partial charge in [0.25, 0.3) is 11.8 Å². The average molecular weight is 502 g/mol. The summed E-state index contributed by atoms with van der Waals surface area (Å²) in [7, 11) is 0. The van der Waals surface area contributed by atoms with E-state index in [0.29, 0.717) is 21.2 Å². The van der Waals surface area contributed by atoms with Crippen LogP contribution in [0.3, 0.4) is 0 Å². The predicted octanol–water partition coefficient (Wildman–Crippen LogP) is 4.26. The molecule has 0 saturated carbocycles. The van der Waals surface area contributed by atoms with Crippen LogP contribution in [0, 0.1) is 6.92 Å². The van der Waals surface area contributed by atoms with Gasteiger partial charge in [0.05, 0.1) is 6.33 Å². The van der Waals surface area contributed by atoms with Crippen LogP contribution >= 0.6 is 11.3 Å². The number of rotatable bonds is 5. The largest absolute Gasteiger partial charge is 0.383 e. The number of piperidine rings is 1. The first-order chi connectivity index (χ1) is 17.5. The lowest BCUT2D eigenvalue weighted by Gasteiger charge is -2.26. The number of aromatic amines is 1. The zero-order valence-corrected chi connectivity index (χ0v) is 20.7. The molecule has 2 amide bonds. The number of thiazole rings is 1. The molecule has 2 aromatic heterocycles. The number of hydrogen-bond donors (Lipinski definition) is 3. The number of aryl methyl sites for hydroxylation is 1. The van der Waals surface area contributed by atoms with E-state index in [-0.39, 0.29) is 23.3 Å². The van der Waals surface area contributed by atoms with E-state index in [1.807, 2.05) is 66.4 Å². The van der Waals surface area contributed by atoms with E-state index in [2.05, 4.69) is 15.3 Å². The van der Waals surface area contributed by atoms with Crippen LogP contribution in [0.1, 0.15) is 45.0 Å². The number of nitrogens with zero attached hydrogens (tertiary/aromatic N) is 4. The lowest BCUT2D eigenvalue weighted by atomic mass is 10.1. The van der Waals surface area contributed by atoms with Crippen molar-refractivity contribution in [3.8, 4) is 5.69 Å². The minimum Gasteiger partial charge on any atom is -0.383 e. The van der Waals surface area contributed by atoms with Gasteiger partial charge in [-0.2, -0.15) is 4.99 Å². The maximum atomic E-state index is 13.3. The van der Waals surface area contributed by atoms with Crippen LogP contribution in [0.25, 0.3) is 5.69 Å².